The molecule has 0 radical (unpaired) electrons. The molecule has 0 aliphatic carbocycles. The number of nitrogen functional groups attached to an aromatic ring is 1. The van der Waals surface area contributed by atoms with Crippen LogP contribution in [0.1, 0.15) is 30.1 Å². The molecule has 0 saturated carbocycles. The molecule has 1 aliphatic heterocycles. The Morgan fingerprint density at radius 1 is 1.29 bits per heavy atom. The number of amides is 2. The van der Waals surface area contributed by atoms with Crippen molar-refractivity contribution < 1.29 is 9.59 Å². The average Bonchev–Trinajstić information content (AvgIpc) is 2.91. The summed E-state index contributed by atoms with van der Waals surface area (Å²) in [6.45, 7) is 2.80. The third kappa shape index (κ3) is 4.67. The normalized spacial score (nSPS) is 21.0. The molecule has 114 valence electrons. The minimum absolute atomic E-state index is 0.00996. The standard InChI is InChI=1S/C15H21N3O2S/c1-15(7-2-8-21-15)10-18-13(19)9-17-14(20)11-3-5-12(16)6-4-11/h3-6H,2,7-10,16H2,1H3,(H,17,20)(H,18,19). The number of thioether (sulfide) groups is 1. The van der Waals surface area contributed by atoms with Gasteiger partial charge in [-0.25, -0.2) is 0 Å². The molecule has 1 aliphatic rings. The lowest BCUT2D eigenvalue weighted by Crippen LogP contribution is -2.42. The molecule has 1 aromatic carbocycles. The second-order valence-electron chi connectivity index (χ2n) is 5.48. The van der Waals surface area contributed by atoms with E-state index in [1.807, 2.05) is 11.8 Å². The van der Waals surface area contributed by atoms with E-state index in [-0.39, 0.29) is 23.1 Å². The molecule has 0 bridgehead atoms. The van der Waals surface area contributed by atoms with Gasteiger partial charge in [0, 0.05) is 22.5 Å². The monoisotopic (exact) mass is 307 g/mol. The summed E-state index contributed by atoms with van der Waals surface area (Å²) in [5, 5.41) is 5.49. The maximum atomic E-state index is 11.8. The van der Waals surface area contributed by atoms with Crippen molar-refractivity contribution in [3.8, 4) is 0 Å². The Morgan fingerprint density at radius 2 is 2.00 bits per heavy atom. The predicted molar refractivity (Wildman–Crippen MR) is 86.3 cm³/mol. The molecule has 0 aromatic heterocycles. The molecule has 5 nitrogen and oxygen atoms in total. The smallest absolute Gasteiger partial charge is 0.251 e. The van der Waals surface area contributed by atoms with E-state index >= 15 is 0 Å². The average molecular weight is 307 g/mol. The summed E-state index contributed by atoms with van der Waals surface area (Å²) in [6.07, 6.45) is 2.32. The summed E-state index contributed by atoms with van der Waals surface area (Å²) in [6, 6.07) is 6.60. The fraction of sp³-hybridized carbons (Fsp3) is 0.467. The lowest BCUT2D eigenvalue weighted by Gasteiger charge is -2.22. The van der Waals surface area contributed by atoms with Gasteiger partial charge in [0.05, 0.1) is 6.54 Å². The highest BCUT2D eigenvalue weighted by molar-refractivity contribution is 8.00. The van der Waals surface area contributed by atoms with E-state index in [2.05, 4.69) is 17.6 Å². The zero-order valence-corrected chi connectivity index (χ0v) is 13.0. The van der Waals surface area contributed by atoms with Crippen LogP contribution in [-0.2, 0) is 4.79 Å². The van der Waals surface area contributed by atoms with Crippen LogP contribution in [0.25, 0.3) is 0 Å². The highest BCUT2D eigenvalue weighted by Gasteiger charge is 2.29. The van der Waals surface area contributed by atoms with Gasteiger partial charge in [0.15, 0.2) is 0 Å². The molecule has 6 heteroatoms. The van der Waals surface area contributed by atoms with Gasteiger partial charge in [-0.1, -0.05) is 0 Å². The molecule has 2 amide bonds. The van der Waals surface area contributed by atoms with Gasteiger partial charge in [-0.2, -0.15) is 11.8 Å². The summed E-state index contributed by atoms with van der Waals surface area (Å²) in [5.41, 5.74) is 6.66. The Balaban J connectivity index is 1.73. The van der Waals surface area contributed by atoms with Crippen LogP contribution in [-0.4, -0.2) is 35.4 Å². The van der Waals surface area contributed by atoms with Crippen LogP contribution in [0.2, 0.25) is 0 Å². The van der Waals surface area contributed by atoms with Gasteiger partial charge in [0.2, 0.25) is 5.91 Å². The van der Waals surface area contributed by atoms with Crippen molar-refractivity contribution in [2.24, 2.45) is 0 Å². The molecule has 4 N–H and O–H groups in total. The number of nitrogens with one attached hydrogen (secondary N) is 2. The maximum absolute atomic E-state index is 11.8. The summed E-state index contributed by atoms with van der Waals surface area (Å²) in [5.74, 6) is 0.722. The lowest BCUT2D eigenvalue weighted by atomic mass is 10.1. The van der Waals surface area contributed by atoms with Crippen molar-refractivity contribution in [3.05, 3.63) is 29.8 Å². The van der Waals surface area contributed by atoms with Crippen molar-refractivity contribution in [2.75, 3.05) is 24.6 Å². The zero-order chi connectivity index (χ0) is 15.3. The van der Waals surface area contributed by atoms with Gasteiger partial charge in [-0.15, -0.1) is 0 Å². The quantitative estimate of drug-likeness (QED) is 0.718. The summed E-state index contributed by atoms with van der Waals surface area (Å²) in [4.78, 5) is 23.6. The van der Waals surface area contributed by atoms with Crippen LogP contribution in [0.5, 0.6) is 0 Å². The molecule has 21 heavy (non-hydrogen) atoms. The molecule has 1 saturated heterocycles. The van der Waals surface area contributed by atoms with E-state index in [1.54, 1.807) is 24.3 Å². The van der Waals surface area contributed by atoms with Gasteiger partial charge in [-0.05, 0) is 49.8 Å². The molecule has 1 atom stereocenters. The second-order valence-corrected chi connectivity index (χ2v) is 7.17. The van der Waals surface area contributed by atoms with E-state index in [9.17, 15) is 9.59 Å². The van der Waals surface area contributed by atoms with Crippen LogP contribution in [0.4, 0.5) is 5.69 Å². The van der Waals surface area contributed by atoms with E-state index in [0.717, 1.165) is 12.2 Å². The van der Waals surface area contributed by atoms with E-state index in [4.69, 9.17) is 5.73 Å². The van der Waals surface area contributed by atoms with Crippen LogP contribution < -0.4 is 16.4 Å². The van der Waals surface area contributed by atoms with Crippen molar-refractivity contribution in [1.29, 1.82) is 0 Å². The second kappa shape index (κ2) is 6.85. The molecular weight excluding hydrogens is 286 g/mol. The van der Waals surface area contributed by atoms with Crippen molar-refractivity contribution in [3.63, 3.8) is 0 Å². The van der Waals surface area contributed by atoms with Crippen LogP contribution in [0.3, 0.4) is 0 Å². The van der Waals surface area contributed by atoms with Gasteiger partial charge in [0.1, 0.15) is 0 Å². The summed E-state index contributed by atoms with van der Waals surface area (Å²) >= 11 is 1.90. The van der Waals surface area contributed by atoms with Crippen molar-refractivity contribution in [2.45, 2.75) is 24.5 Å². The van der Waals surface area contributed by atoms with Gasteiger partial charge < -0.3 is 16.4 Å². The predicted octanol–water partition coefficient (Wildman–Crippen LogP) is 1.40. The third-order valence-electron chi connectivity index (χ3n) is 3.54. The zero-order valence-electron chi connectivity index (χ0n) is 12.1. The number of nitrogens with two attached hydrogens (primary N) is 1. The van der Waals surface area contributed by atoms with Crippen molar-refractivity contribution >= 4 is 29.3 Å². The molecule has 0 spiro atoms. The summed E-state index contributed by atoms with van der Waals surface area (Å²) < 4.78 is 0.136. The third-order valence-corrected chi connectivity index (χ3v) is 5.08. The summed E-state index contributed by atoms with van der Waals surface area (Å²) in [7, 11) is 0. The van der Waals surface area contributed by atoms with Crippen molar-refractivity contribution in [1.82, 2.24) is 10.6 Å². The fourth-order valence-corrected chi connectivity index (χ4v) is 3.47. The number of hydrogen-bond acceptors (Lipinski definition) is 4. The van der Waals surface area contributed by atoms with Gasteiger partial charge in [-0.3, -0.25) is 9.59 Å². The highest BCUT2D eigenvalue weighted by atomic mass is 32.2. The molecule has 2 rings (SSSR count). The fourth-order valence-electron chi connectivity index (χ4n) is 2.22. The Kier molecular flexibility index (Phi) is 5.12. The number of hydrogen-bond donors (Lipinski definition) is 3. The van der Waals surface area contributed by atoms with Gasteiger partial charge >= 0.3 is 0 Å². The number of benzene rings is 1. The number of carbonyl (C=O) groups is 2. The Hall–Kier alpha value is -1.69. The minimum Gasteiger partial charge on any atom is -0.399 e. The molecule has 1 fully saturated rings. The lowest BCUT2D eigenvalue weighted by molar-refractivity contribution is -0.120. The van der Waals surface area contributed by atoms with Crippen LogP contribution in [0, 0.1) is 0 Å². The molecule has 1 unspecified atom stereocenters. The highest BCUT2D eigenvalue weighted by Crippen LogP contribution is 2.36. The first-order valence-corrected chi connectivity index (χ1v) is 8.01. The molecule has 1 aromatic rings. The number of anilines is 1. The minimum atomic E-state index is -0.272. The van der Waals surface area contributed by atoms with Crippen LogP contribution in [0.15, 0.2) is 24.3 Å². The van der Waals surface area contributed by atoms with E-state index < -0.39 is 0 Å². The van der Waals surface area contributed by atoms with Crippen LogP contribution >= 0.6 is 11.8 Å². The van der Waals surface area contributed by atoms with E-state index in [0.29, 0.717) is 17.8 Å². The Labute approximate surface area is 129 Å². The topological polar surface area (TPSA) is 84.2 Å². The Bertz CT molecular complexity index is 510. The largest absolute Gasteiger partial charge is 0.399 e. The van der Waals surface area contributed by atoms with E-state index in [1.165, 1.54) is 6.42 Å². The SMILES string of the molecule is CC1(CNC(=O)CNC(=O)c2ccc(N)cc2)CCCS1. The molecular formula is C15H21N3O2S. The maximum Gasteiger partial charge on any atom is 0.251 e. The first kappa shape index (κ1) is 15.7. The van der Waals surface area contributed by atoms with Gasteiger partial charge in [0.25, 0.3) is 5.91 Å². The first-order valence-electron chi connectivity index (χ1n) is 7.03. The number of rotatable bonds is 5. The first-order chi connectivity index (χ1) is 9.98. The Morgan fingerprint density at radius 3 is 2.62 bits per heavy atom. The molecule has 1 heterocycles. The number of carbonyl (C=O) groups excluding carboxylic acids is 2.